The highest BCUT2D eigenvalue weighted by atomic mass is 35.5. The topological polar surface area (TPSA) is 32.3 Å². The molecule has 1 atom stereocenters. The van der Waals surface area contributed by atoms with Crippen LogP contribution >= 0.6 is 11.6 Å². The van der Waals surface area contributed by atoms with Crippen molar-refractivity contribution in [1.82, 2.24) is 10.2 Å². The number of halogens is 1. The molecular formula is C22H25ClN2O. The number of amides is 1. The van der Waals surface area contributed by atoms with Crippen LogP contribution in [-0.4, -0.2) is 30.4 Å². The minimum absolute atomic E-state index is 0.165. The Morgan fingerprint density at radius 3 is 2.50 bits per heavy atom. The summed E-state index contributed by atoms with van der Waals surface area (Å²) in [7, 11) is 2.14. The number of hydrogen-bond donors (Lipinski definition) is 1. The van der Waals surface area contributed by atoms with Gasteiger partial charge in [-0.05, 0) is 55.1 Å². The van der Waals surface area contributed by atoms with E-state index in [4.69, 9.17) is 11.6 Å². The number of likely N-dealkylation sites (N-methyl/N-ethyl adjacent to an activating group) is 1. The van der Waals surface area contributed by atoms with Crippen molar-refractivity contribution in [3.05, 3.63) is 70.2 Å². The van der Waals surface area contributed by atoms with E-state index in [1.807, 2.05) is 24.3 Å². The predicted molar refractivity (Wildman–Crippen MR) is 105 cm³/mol. The van der Waals surface area contributed by atoms with Gasteiger partial charge >= 0.3 is 0 Å². The highest BCUT2D eigenvalue weighted by Crippen LogP contribution is 2.44. The maximum atomic E-state index is 13.1. The second-order valence-corrected chi connectivity index (χ2v) is 8.13. The number of hydrogen-bond acceptors (Lipinski definition) is 2. The van der Waals surface area contributed by atoms with E-state index in [0.29, 0.717) is 17.6 Å². The molecule has 1 saturated carbocycles. The van der Waals surface area contributed by atoms with E-state index in [1.54, 1.807) is 0 Å². The van der Waals surface area contributed by atoms with Gasteiger partial charge in [-0.1, -0.05) is 54.4 Å². The SMILES string of the molecule is CN1Cc2ccccc2C[C@H]1CNC(=O)C1(c2ccc(Cl)cc2)CCC1. The van der Waals surface area contributed by atoms with Crippen LogP contribution in [0.4, 0.5) is 0 Å². The molecule has 1 amide bonds. The highest BCUT2D eigenvalue weighted by molar-refractivity contribution is 6.30. The Morgan fingerprint density at radius 2 is 1.85 bits per heavy atom. The molecular weight excluding hydrogens is 344 g/mol. The van der Waals surface area contributed by atoms with Gasteiger partial charge in [-0.2, -0.15) is 0 Å². The molecule has 26 heavy (non-hydrogen) atoms. The standard InChI is InChI=1S/C22H25ClN2O/c1-25-15-17-6-3-2-5-16(17)13-20(25)14-24-21(26)22(11-4-12-22)18-7-9-19(23)10-8-18/h2-3,5-10,20H,4,11-15H2,1H3,(H,24,26)/t20-/m0/s1. The van der Waals surface area contributed by atoms with Gasteiger partial charge in [-0.15, -0.1) is 0 Å². The molecule has 1 fully saturated rings. The van der Waals surface area contributed by atoms with Crippen molar-refractivity contribution >= 4 is 17.5 Å². The van der Waals surface area contributed by atoms with Crippen LogP contribution in [0.25, 0.3) is 0 Å². The first-order valence-corrected chi connectivity index (χ1v) is 9.78. The molecule has 1 aliphatic heterocycles. The molecule has 1 heterocycles. The fraction of sp³-hybridized carbons (Fsp3) is 0.409. The number of rotatable bonds is 4. The van der Waals surface area contributed by atoms with Crippen LogP contribution in [0.1, 0.15) is 36.0 Å². The molecule has 0 bridgehead atoms. The summed E-state index contributed by atoms with van der Waals surface area (Å²) in [6.07, 6.45) is 3.93. The molecule has 0 unspecified atom stereocenters. The van der Waals surface area contributed by atoms with Crippen LogP contribution in [0.3, 0.4) is 0 Å². The summed E-state index contributed by atoms with van der Waals surface area (Å²) in [5.74, 6) is 0.165. The Kier molecular flexibility index (Phi) is 4.76. The summed E-state index contributed by atoms with van der Waals surface area (Å²) in [4.78, 5) is 15.4. The van der Waals surface area contributed by atoms with Crippen molar-refractivity contribution in [3.8, 4) is 0 Å². The zero-order chi connectivity index (χ0) is 18.1. The van der Waals surface area contributed by atoms with Crippen LogP contribution in [0, 0.1) is 0 Å². The molecule has 0 aromatic heterocycles. The van der Waals surface area contributed by atoms with Gasteiger partial charge in [0.15, 0.2) is 0 Å². The lowest BCUT2D eigenvalue weighted by Crippen LogP contribution is -2.53. The Morgan fingerprint density at radius 1 is 1.15 bits per heavy atom. The number of nitrogens with zero attached hydrogens (tertiary/aromatic N) is 1. The third-order valence-corrected chi connectivity index (χ3v) is 6.41. The lowest BCUT2D eigenvalue weighted by Gasteiger charge is -2.42. The number of carbonyl (C=O) groups is 1. The molecule has 2 aromatic rings. The quantitative estimate of drug-likeness (QED) is 0.886. The number of carbonyl (C=O) groups excluding carboxylic acids is 1. The second-order valence-electron chi connectivity index (χ2n) is 7.69. The molecule has 2 aliphatic rings. The van der Waals surface area contributed by atoms with E-state index in [1.165, 1.54) is 11.1 Å². The van der Waals surface area contributed by atoms with Crippen LogP contribution in [-0.2, 0) is 23.2 Å². The molecule has 1 N–H and O–H groups in total. The Bertz CT molecular complexity index is 798. The van der Waals surface area contributed by atoms with Gasteiger partial charge in [0.25, 0.3) is 0 Å². The molecule has 2 aromatic carbocycles. The van der Waals surface area contributed by atoms with E-state index >= 15 is 0 Å². The summed E-state index contributed by atoms with van der Waals surface area (Å²) in [6, 6.07) is 16.7. The van der Waals surface area contributed by atoms with Crippen molar-refractivity contribution < 1.29 is 4.79 Å². The van der Waals surface area contributed by atoms with Crippen LogP contribution < -0.4 is 5.32 Å². The van der Waals surface area contributed by atoms with Gasteiger partial charge in [-0.25, -0.2) is 0 Å². The van der Waals surface area contributed by atoms with Crippen molar-refractivity contribution in [3.63, 3.8) is 0 Å². The van der Waals surface area contributed by atoms with Crippen molar-refractivity contribution in [2.24, 2.45) is 0 Å². The fourth-order valence-corrected chi connectivity index (χ4v) is 4.40. The van der Waals surface area contributed by atoms with E-state index in [0.717, 1.165) is 37.8 Å². The van der Waals surface area contributed by atoms with Gasteiger partial charge in [0.05, 0.1) is 5.41 Å². The highest BCUT2D eigenvalue weighted by Gasteiger charge is 2.45. The number of nitrogens with one attached hydrogen (secondary N) is 1. The molecule has 4 rings (SSSR count). The smallest absolute Gasteiger partial charge is 0.230 e. The average molecular weight is 369 g/mol. The zero-order valence-electron chi connectivity index (χ0n) is 15.2. The van der Waals surface area contributed by atoms with Gasteiger partial charge in [0, 0.05) is 24.2 Å². The molecule has 3 nitrogen and oxygen atoms in total. The monoisotopic (exact) mass is 368 g/mol. The summed E-state index contributed by atoms with van der Waals surface area (Å²) in [5.41, 5.74) is 3.53. The van der Waals surface area contributed by atoms with Crippen molar-refractivity contribution in [2.45, 2.75) is 43.7 Å². The Balaban J connectivity index is 1.44. The van der Waals surface area contributed by atoms with Gasteiger partial charge < -0.3 is 5.32 Å². The lowest BCUT2D eigenvalue weighted by atomic mass is 9.64. The molecule has 0 radical (unpaired) electrons. The zero-order valence-corrected chi connectivity index (χ0v) is 15.9. The van der Waals surface area contributed by atoms with Crippen LogP contribution in [0.2, 0.25) is 5.02 Å². The summed E-state index contributed by atoms with van der Waals surface area (Å²) in [5, 5.41) is 3.97. The minimum Gasteiger partial charge on any atom is -0.354 e. The average Bonchev–Trinajstić information content (AvgIpc) is 2.60. The molecule has 136 valence electrons. The fourth-order valence-electron chi connectivity index (χ4n) is 4.27. The van der Waals surface area contributed by atoms with Crippen molar-refractivity contribution in [1.29, 1.82) is 0 Å². The van der Waals surface area contributed by atoms with Crippen LogP contribution in [0.5, 0.6) is 0 Å². The molecule has 0 spiro atoms. The van der Waals surface area contributed by atoms with Gasteiger partial charge in [0.2, 0.25) is 5.91 Å². The molecule has 0 saturated heterocycles. The largest absolute Gasteiger partial charge is 0.354 e. The van der Waals surface area contributed by atoms with Crippen molar-refractivity contribution in [2.75, 3.05) is 13.6 Å². The second kappa shape index (κ2) is 7.05. The molecule has 1 aliphatic carbocycles. The number of benzene rings is 2. The maximum absolute atomic E-state index is 13.1. The van der Waals surface area contributed by atoms with Gasteiger partial charge in [0.1, 0.15) is 0 Å². The molecule has 4 heteroatoms. The Labute approximate surface area is 160 Å². The lowest BCUT2D eigenvalue weighted by molar-refractivity contribution is -0.130. The first kappa shape index (κ1) is 17.6. The van der Waals surface area contributed by atoms with E-state index in [9.17, 15) is 4.79 Å². The summed E-state index contributed by atoms with van der Waals surface area (Å²) in [6.45, 7) is 1.64. The van der Waals surface area contributed by atoms with E-state index in [2.05, 4.69) is 41.5 Å². The third-order valence-electron chi connectivity index (χ3n) is 6.15. The van der Waals surface area contributed by atoms with E-state index in [-0.39, 0.29) is 11.3 Å². The first-order valence-electron chi connectivity index (χ1n) is 9.40. The minimum atomic E-state index is -0.365. The Hall–Kier alpha value is -1.84. The van der Waals surface area contributed by atoms with E-state index < -0.39 is 0 Å². The summed E-state index contributed by atoms with van der Waals surface area (Å²) >= 11 is 6.02. The third kappa shape index (κ3) is 3.15. The van der Waals surface area contributed by atoms with Crippen LogP contribution in [0.15, 0.2) is 48.5 Å². The first-order chi connectivity index (χ1) is 12.6. The maximum Gasteiger partial charge on any atom is 0.230 e. The van der Waals surface area contributed by atoms with Gasteiger partial charge in [-0.3, -0.25) is 9.69 Å². The number of fused-ring (bicyclic) bond motifs is 1. The normalized spacial score (nSPS) is 21.5. The summed E-state index contributed by atoms with van der Waals surface area (Å²) < 4.78 is 0. The predicted octanol–water partition coefficient (Wildman–Crippen LogP) is 3.93.